The number of hydrogen-bond acceptors (Lipinski definition) is 3. The fourth-order valence-electron chi connectivity index (χ4n) is 2.36. The Kier molecular flexibility index (Phi) is 5.21. The molecule has 1 amide bonds. The van der Waals surface area contributed by atoms with Gasteiger partial charge in [-0.2, -0.15) is 5.10 Å². The van der Waals surface area contributed by atoms with E-state index in [1.807, 2.05) is 30.3 Å². The van der Waals surface area contributed by atoms with E-state index in [0.717, 1.165) is 23.4 Å². The number of benzene rings is 1. The van der Waals surface area contributed by atoms with Crippen LogP contribution in [0, 0.1) is 0 Å². The lowest BCUT2D eigenvalue weighted by atomic mass is 9.92. The summed E-state index contributed by atoms with van der Waals surface area (Å²) in [6.45, 7) is 7.47. The Morgan fingerprint density at radius 3 is 2.43 bits per heavy atom. The molecule has 2 aromatic rings. The van der Waals surface area contributed by atoms with Gasteiger partial charge in [-0.15, -0.1) is 0 Å². The summed E-state index contributed by atoms with van der Waals surface area (Å²) >= 11 is 0. The zero-order valence-corrected chi connectivity index (χ0v) is 14.4. The lowest BCUT2D eigenvalue weighted by molar-refractivity contribution is 0.0783. The van der Waals surface area contributed by atoms with E-state index in [4.69, 9.17) is 5.73 Å². The van der Waals surface area contributed by atoms with Crippen LogP contribution >= 0.6 is 0 Å². The largest absolute Gasteiger partial charge is 0.336 e. The van der Waals surface area contributed by atoms with Crippen LogP contribution in [0.15, 0.2) is 30.3 Å². The third-order valence-electron chi connectivity index (χ3n) is 3.79. The molecule has 2 rings (SSSR count). The molecule has 0 radical (unpaired) electrons. The van der Waals surface area contributed by atoms with Crippen LogP contribution in [0.4, 0.5) is 0 Å². The number of carbonyl (C=O) groups is 1. The number of hydrogen-bond donors (Lipinski definition) is 2. The summed E-state index contributed by atoms with van der Waals surface area (Å²) in [6.07, 6.45) is 0.827. The Hall–Kier alpha value is -2.14. The monoisotopic (exact) mass is 314 g/mol. The van der Waals surface area contributed by atoms with Gasteiger partial charge in [-0.1, -0.05) is 32.9 Å². The zero-order valence-electron chi connectivity index (χ0n) is 14.4. The number of aromatic nitrogens is 2. The molecule has 3 N–H and O–H groups in total. The Labute approximate surface area is 137 Å². The van der Waals surface area contributed by atoms with Crippen LogP contribution in [0.3, 0.4) is 0 Å². The van der Waals surface area contributed by atoms with Crippen molar-refractivity contribution in [3.63, 3.8) is 0 Å². The lowest BCUT2D eigenvalue weighted by Crippen LogP contribution is -2.26. The molecule has 23 heavy (non-hydrogen) atoms. The Morgan fingerprint density at radius 2 is 1.91 bits per heavy atom. The molecule has 0 bridgehead atoms. The summed E-state index contributed by atoms with van der Waals surface area (Å²) < 4.78 is 0. The maximum atomic E-state index is 12.5. The van der Waals surface area contributed by atoms with Gasteiger partial charge in [-0.25, -0.2) is 0 Å². The molecule has 1 heterocycles. The van der Waals surface area contributed by atoms with Crippen LogP contribution in [0.25, 0.3) is 0 Å². The standard InChI is InChI=1S/C18H26N4O/c1-18(2,3)16-11-15(20-21-16)12-22(4)17(23)14-7-5-13(6-8-14)9-10-19/h5-8,11H,9-10,12,19H2,1-4H3,(H,20,21). The highest BCUT2D eigenvalue weighted by Gasteiger charge is 2.19. The molecule has 5 heteroatoms. The maximum absolute atomic E-state index is 12.5. The summed E-state index contributed by atoms with van der Waals surface area (Å²) in [5.74, 6) is -0.00351. The second-order valence-corrected chi connectivity index (χ2v) is 6.93. The lowest BCUT2D eigenvalue weighted by Gasteiger charge is -2.16. The fraction of sp³-hybridized carbons (Fsp3) is 0.444. The highest BCUT2D eigenvalue weighted by atomic mass is 16.2. The minimum absolute atomic E-state index is 0.00351. The quantitative estimate of drug-likeness (QED) is 0.890. The number of rotatable bonds is 5. The molecule has 0 aliphatic rings. The molecular formula is C18H26N4O. The third kappa shape index (κ3) is 4.42. The highest BCUT2D eigenvalue weighted by molar-refractivity contribution is 5.94. The Morgan fingerprint density at radius 1 is 1.26 bits per heavy atom. The molecule has 1 aromatic carbocycles. The second-order valence-electron chi connectivity index (χ2n) is 6.93. The van der Waals surface area contributed by atoms with Crippen molar-refractivity contribution in [2.24, 2.45) is 5.73 Å². The van der Waals surface area contributed by atoms with E-state index in [1.54, 1.807) is 11.9 Å². The number of H-pyrrole nitrogens is 1. The van der Waals surface area contributed by atoms with Gasteiger partial charge in [0.05, 0.1) is 17.9 Å². The summed E-state index contributed by atoms with van der Waals surface area (Å²) in [6, 6.07) is 9.66. The predicted molar refractivity (Wildman–Crippen MR) is 92.3 cm³/mol. The average Bonchev–Trinajstić information content (AvgIpc) is 2.96. The smallest absolute Gasteiger partial charge is 0.253 e. The van der Waals surface area contributed by atoms with Crippen LogP contribution in [0.5, 0.6) is 0 Å². The molecule has 0 aliphatic heterocycles. The summed E-state index contributed by atoms with van der Waals surface area (Å²) in [7, 11) is 1.80. The minimum atomic E-state index is -0.00382. The van der Waals surface area contributed by atoms with Crippen LogP contribution in [0.1, 0.15) is 48.1 Å². The predicted octanol–water partition coefficient (Wildman–Crippen LogP) is 2.48. The summed E-state index contributed by atoms with van der Waals surface area (Å²) in [5, 5.41) is 7.35. The SMILES string of the molecule is CN(Cc1cc(C(C)(C)C)n[nH]1)C(=O)c1ccc(CCN)cc1. The topological polar surface area (TPSA) is 75.0 Å². The molecule has 0 saturated heterocycles. The van der Waals surface area contributed by atoms with Crippen LogP contribution in [0.2, 0.25) is 0 Å². The molecule has 124 valence electrons. The van der Waals surface area contributed by atoms with Crippen molar-refractivity contribution < 1.29 is 4.79 Å². The third-order valence-corrected chi connectivity index (χ3v) is 3.79. The van der Waals surface area contributed by atoms with Gasteiger partial charge in [-0.3, -0.25) is 9.89 Å². The minimum Gasteiger partial charge on any atom is -0.336 e. The van der Waals surface area contributed by atoms with Gasteiger partial charge in [0.25, 0.3) is 5.91 Å². The number of nitrogens with zero attached hydrogens (tertiary/aromatic N) is 2. The number of aromatic amines is 1. The van der Waals surface area contributed by atoms with E-state index in [0.29, 0.717) is 18.7 Å². The summed E-state index contributed by atoms with van der Waals surface area (Å²) in [4.78, 5) is 14.2. The molecular weight excluding hydrogens is 288 g/mol. The number of nitrogens with one attached hydrogen (secondary N) is 1. The molecule has 0 unspecified atom stereocenters. The first-order valence-electron chi connectivity index (χ1n) is 7.90. The van der Waals surface area contributed by atoms with Gasteiger partial charge >= 0.3 is 0 Å². The van der Waals surface area contributed by atoms with E-state index >= 15 is 0 Å². The van der Waals surface area contributed by atoms with E-state index in [2.05, 4.69) is 31.0 Å². The molecule has 0 saturated carbocycles. The van der Waals surface area contributed by atoms with E-state index in [-0.39, 0.29) is 11.3 Å². The molecule has 0 fully saturated rings. The first kappa shape index (κ1) is 17.2. The van der Waals surface area contributed by atoms with Crippen molar-refractivity contribution in [3.8, 4) is 0 Å². The summed E-state index contributed by atoms with van der Waals surface area (Å²) in [5.41, 5.74) is 9.30. The molecule has 0 spiro atoms. The van der Waals surface area contributed by atoms with Crippen molar-refractivity contribution >= 4 is 5.91 Å². The number of amides is 1. The van der Waals surface area contributed by atoms with Crippen molar-refractivity contribution in [1.82, 2.24) is 15.1 Å². The molecule has 5 nitrogen and oxygen atoms in total. The fourth-order valence-corrected chi connectivity index (χ4v) is 2.36. The van der Waals surface area contributed by atoms with Gasteiger partial charge in [0.1, 0.15) is 0 Å². The Balaban J connectivity index is 2.03. The molecule has 1 aromatic heterocycles. The van der Waals surface area contributed by atoms with Crippen molar-refractivity contribution in [3.05, 3.63) is 52.8 Å². The van der Waals surface area contributed by atoms with Gasteiger partial charge in [0.15, 0.2) is 0 Å². The van der Waals surface area contributed by atoms with E-state index in [1.165, 1.54) is 0 Å². The highest BCUT2D eigenvalue weighted by Crippen LogP contribution is 2.20. The zero-order chi connectivity index (χ0) is 17.0. The van der Waals surface area contributed by atoms with Crippen LogP contribution < -0.4 is 5.73 Å². The van der Waals surface area contributed by atoms with Crippen molar-refractivity contribution in [2.75, 3.05) is 13.6 Å². The van der Waals surface area contributed by atoms with Crippen LogP contribution in [-0.4, -0.2) is 34.6 Å². The van der Waals surface area contributed by atoms with E-state index < -0.39 is 0 Å². The van der Waals surface area contributed by atoms with E-state index in [9.17, 15) is 4.79 Å². The van der Waals surface area contributed by atoms with Crippen LogP contribution in [-0.2, 0) is 18.4 Å². The van der Waals surface area contributed by atoms with Gasteiger partial charge in [0.2, 0.25) is 0 Å². The van der Waals surface area contributed by atoms with Crippen molar-refractivity contribution in [2.45, 2.75) is 39.2 Å². The first-order valence-corrected chi connectivity index (χ1v) is 7.90. The maximum Gasteiger partial charge on any atom is 0.253 e. The van der Waals surface area contributed by atoms with Gasteiger partial charge in [0, 0.05) is 18.0 Å². The van der Waals surface area contributed by atoms with Crippen molar-refractivity contribution in [1.29, 1.82) is 0 Å². The number of carbonyl (C=O) groups excluding carboxylic acids is 1. The normalized spacial score (nSPS) is 11.5. The average molecular weight is 314 g/mol. The van der Waals surface area contributed by atoms with Gasteiger partial charge < -0.3 is 10.6 Å². The second kappa shape index (κ2) is 6.96. The molecule has 0 atom stereocenters. The Bertz CT molecular complexity index is 652. The van der Waals surface area contributed by atoms with Gasteiger partial charge in [-0.05, 0) is 36.7 Å². The molecule has 0 aliphatic carbocycles. The first-order chi connectivity index (χ1) is 10.8. The number of nitrogens with two attached hydrogens (primary N) is 1.